The van der Waals surface area contributed by atoms with Gasteiger partial charge < -0.3 is 9.73 Å². The Morgan fingerprint density at radius 2 is 1.82 bits per heavy atom. The van der Waals surface area contributed by atoms with E-state index in [0.717, 1.165) is 26.2 Å². The monoisotopic (exact) mass is 364 g/mol. The van der Waals surface area contributed by atoms with Gasteiger partial charge in [0.25, 0.3) is 0 Å². The maximum Gasteiger partial charge on any atom is 0.148 e. The van der Waals surface area contributed by atoms with Crippen LogP contribution in [0.3, 0.4) is 0 Å². The van der Waals surface area contributed by atoms with Gasteiger partial charge in [0, 0.05) is 36.8 Å². The Labute approximate surface area is 144 Å². The summed E-state index contributed by atoms with van der Waals surface area (Å²) in [4.78, 5) is 2.15. The number of nitrogens with one attached hydrogen (secondary N) is 1. The van der Waals surface area contributed by atoms with Gasteiger partial charge in [-0.05, 0) is 24.3 Å². The number of hydrogen-bond acceptors (Lipinski definition) is 3. The number of rotatable bonds is 3. The van der Waals surface area contributed by atoms with Crippen molar-refractivity contribution < 1.29 is 8.81 Å². The molecule has 2 aromatic rings. The third kappa shape index (κ3) is 3.42. The highest BCUT2D eigenvalue weighted by atomic mass is 35.5. The molecule has 1 aliphatic rings. The van der Waals surface area contributed by atoms with Gasteiger partial charge in [-0.15, -0.1) is 12.4 Å². The van der Waals surface area contributed by atoms with Crippen molar-refractivity contribution in [3.05, 3.63) is 57.7 Å². The molecule has 3 nitrogen and oxygen atoms in total. The van der Waals surface area contributed by atoms with Crippen molar-refractivity contribution in [3.8, 4) is 0 Å². The van der Waals surface area contributed by atoms with Crippen LogP contribution >= 0.6 is 35.6 Å². The second kappa shape index (κ2) is 7.66. The fraction of sp³-hybridized carbons (Fsp3) is 0.333. The largest absolute Gasteiger partial charge is 0.467 e. The zero-order chi connectivity index (χ0) is 14.8. The summed E-state index contributed by atoms with van der Waals surface area (Å²) >= 11 is 12.2. The van der Waals surface area contributed by atoms with Crippen molar-refractivity contribution in [2.75, 3.05) is 26.2 Å². The van der Waals surface area contributed by atoms with E-state index in [1.165, 1.54) is 6.07 Å². The molecule has 1 aliphatic heterocycles. The maximum atomic E-state index is 14.6. The molecule has 7 heteroatoms. The lowest BCUT2D eigenvalue weighted by Gasteiger charge is -2.34. The Kier molecular flexibility index (Phi) is 6.12. The summed E-state index contributed by atoms with van der Waals surface area (Å²) < 4.78 is 20.1. The Bertz CT molecular complexity index is 616. The van der Waals surface area contributed by atoms with E-state index in [2.05, 4.69) is 10.2 Å². The van der Waals surface area contributed by atoms with Gasteiger partial charge in [-0.1, -0.05) is 23.2 Å². The van der Waals surface area contributed by atoms with Gasteiger partial charge >= 0.3 is 0 Å². The molecule has 0 saturated carbocycles. The Morgan fingerprint density at radius 1 is 1.14 bits per heavy atom. The third-order valence-electron chi connectivity index (χ3n) is 3.68. The standard InChI is InChI=1S/C15H15Cl2FN2O.ClH/c16-10-3-4-11(17)14(18)13(10)15(12-2-1-9-21-12)20-7-5-19-6-8-20;/h1-4,9,15,19H,5-8H2;1H/t15-;/m1./s1. The van der Waals surface area contributed by atoms with E-state index in [1.807, 2.05) is 6.07 Å². The zero-order valence-corrected chi connectivity index (χ0v) is 14.0. The molecule has 0 aliphatic carbocycles. The lowest BCUT2D eigenvalue weighted by molar-refractivity contribution is 0.177. The molecule has 0 amide bonds. The van der Waals surface area contributed by atoms with Crippen molar-refractivity contribution in [1.82, 2.24) is 10.2 Å². The number of nitrogens with zero attached hydrogens (tertiary/aromatic N) is 1. The first-order valence-electron chi connectivity index (χ1n) is 6.80. The third-order valence-corrected chi connectivity index (χ3v) is 4.30. The summed E-state index contributed by atoms with van der Waals surface area (Å²) in [5, 5.41) is 3.71. The molecule has 120 valence electrons. The quantitative estimate of drug-likeness (QED) is 0.829. The number of piperazine rings is 1. The second-order valence-corrected chi connectivity index (χ2v) is 5.78. The lowest BCUT2D eigenvalue weighted by Crippen LogP contribution is -2.45. The molecule has 0 bridgehead atoms. The van der Waals surface area contributed by atoms with Crippen LogP contribution in [-0.2, 0) is 0 Å². The topological polar surface area (TPSA) is 28.4 Å². The van der Waals surface area contributed by atoms with E-state index in [4.69, 9.17) is 27.6 Å². The van der Waals surface area contributed by atoms with Crippen LogP contribution in [0.15, 0.2) is 34.9 Å². The highest BCUT2D eigenvalue weighted by molar-refractivity contribution is 6.33. The van der Waals surface area contributed by atoms with Crippen LogP contribution in [0.25, 0.3) is 0 Å². The molecule has 1 N–H and O–H groups in total. The van der Waals surface area contributed by atoms with Crippen LogP contribution in [0, 0.1) is 5.82 Å². The fourth-order valence-corrected chi connectivity index (χ4v) is 3.10. The summed E-state index contributed by atoms with van der Waals surface area (Å²) in [5.74, 6) is 0.184. The van der Waals surface area contributed by atoms with E-state index >= 15 is 0 Å². The second-order valence-electron chi connectivity index (χ2n) is 4.96. The maximum absolute atomic E-state index is 14.6. The Morgan fingerprint density at radius 3 is 2.45 bits per heavy atom. The summed E-state index contributed by atoms with van der Waals surface area (Å²) in [6.45, 7) is 3.26. The van der Waals surface area contributed by atoms with Crippen molar-refractivity contribution in [2.45, 2.75) is 6.04 Å². The fourth-order valence-electron chi connectivity index (χ4n) is 2.69. The molecule has 2 heterocycles. The van der Waals surface area contributed by atoms with Gasteiger partial charge in [-0.3, -0.25) is 4.90 Å². The summed E-state index contributed by atoms with van der Waals surface area (Å²) in [5.41, 5.74) is 0.376. The molecule has 0 radical (unpaired) electrons. The van der Waals surface area contributed by atoms with Crippen LogP contribution < -0.4 is 5.32 Å². The molecular weight excluding hydrogens is 350 g/mol. The van der Waals surface area contributed by atoms with Crippen molar-refractivity contribution in [1.29, 1.82) is 0 Å². The van der Waals surface area contributed by atoms with E-state index in [1.54, 1.807) is 18.4 Å². The molecule has 1 fully saturated rings. The van der Waals surface area contributed by atoms with E-state index in [9.17, 15) is 4.39 Å². The normalized spacial score (nSPS) is 17.0. The van der Waals surface area contributed by atoms with Gasteiger partial charge in [0.2, 0.25) is 0 Å². The molecule has 1 atom stereocenters. The Hall–Kier alpha value is -0.780. The van der Waals surface area contributed by atoms with Gasteiger partial charge in [0.05, 0.1) is 17.3 Å². The molecule has 1 aromatic heterocycles. The van der Waals surface area contributed by atoms with Crippen molar-refractivity contribution >= 4 is 35.6 Å². The first-order valence-corrected chi connectivity index (χ1v) is 7.55. The van der Waals surface area contributed by atoms with Crippen LogP contribution in [0.5, 0.6) is 0 Å². The molecule has 1 aromatic carbocycles. The SMILES string of the molecule is Cl.Fc1c(Cl)ccc(Cl)c1[C@@H](c1ccco1)N1CCNCC1. The first-order chi connectivity index (χ1) is 10.2. The number of furan rings is 1. The number of halogens is 4. The van der Waals surface area contributed by atoms with Crippen LogP contribution in [-0.4, -0.2) is 31.1 Å². The van der Waals surface area contributed by atoms with Gasteiger partial charge in [-0.2, -0.15) is 0 Å². The van der Waals surface area contributed by atoms with Gasteiger partial charge in [-0.25, -0.2) is 4.39 Å². The minimum absolute atomic E-state index is 0. The summed E-state index contributed by atoms with van der Waals surface area (Å²) in [6.07, 6.45) is 1.58. The average molecular weight is 366 g/mol. The summed E-state index contributed by atoms with van der Waals surface area (Å²) in [7, 11) is 0. The predicted molar refractivity (Wildman–Crippen MR) is 88.7 cm³/mol. The molecular formula is C15H16Cl3FN2O. The van der Waals surface area contributed by atoms with Crippen LogP contribution in [0.4, 0.5) is 4.39 Å². The number of hydrogen-bond donors (Lipinski definition) is 1. The zero-order valence-electron chi connectivity index (χ0n) is 11.7. The first kappa shape index (κ1) is 17.6. The van der Waals surface area contributed by atoms with Crippen molar-refractivity contribution in [3.63, 3.8) is 0 Å². The molecule has 1 saturated heterocycles. The number of benzene rings is 1. The van der Waals surface area contributed by atoms with Crippen LogP contribution in [0.1, 0.15) is 17.4 Å². The van der Waals surface area contributed by atoms with Crippen molar-refractivity contribution in [2.24, 2.45) is 0 Å². The minimum Gasteiger partial charge on any atom is -0.467 e. The van der Waals surface area contributed by atoms with E-state index in [-0.39, 0.29) is 23.5 Å². The molecule has 0 spiro atoms. The predicted octanol–water partition coefficient (Wildman–Crippen LogP) is 4.14. The molecule has 0 unspecified atom stereocenters. The van der Waals surface area contributed by atoms with Gasteiger partial charge in [0.1, 0.15) is 11.6 Å². The van der Waals surface area contributed by atoms with E-state index < -0.39 is 5.82 Å². The minimum atomic E-state index is -0.482. The van der Waals surface area contributed by atoms with Crippen LogP contribution in [0.2, 0.25) is 10.0 Å². The highest BCUT2D eigenvalue weighted by Crippen LogP contribution is 2.37. The molecule has 22 heavy (non-hydrogen) atoms. The average Bonchev–Trinajstić information content (AvgIpc) is 3.02. The smallest absolute Gasteiger partial charge is 0.148 e. The lowest BCUT2D eigenvalue weighted by atomic mass is 10.0. The van der Waals surface area contributed by atoms with Gasteiger partial charge in [0.15, 0.2) is 0 Å². The highest BCUT2D eigenvalue weighted by Gasteiger charge is 2.31. The van der Waals surface area contributed by atoms with E-state index in [0.29, 0.717) is 16.3 Å². The Balaban J connectivity index is 0.00000176. The molecule has 3 rings (SSSR count). The summed E-state index contributed by atoms with van der Waals surface area (Å²) in [6, 6.07) is 6.36.